The van der Waals surface area contributed by atoms with Crippen LogP contribution in [0.3, 0.4) is 0 Å². The maximum Gasteiger partial charge on any atom is 0.401 e. The topological polar surface area (TPSA) is 49.5 Å². The van der Waals surface area contributed by atoms with Crippen LogP contribution in [0.2, 0.25) is 0 Å². The molecule has 3 N–H and O–H groups in total. The van der Waals surface area contributed by atoms with E-state index < -0.39 is 18.3 Å². The van der Waals surface area contributed by atoms with Crippen molar-refractivity contribution in [2.45, 2.75) is 44.9 Å². The van der Waals surface area contributed by atoms with Crippen LogP contribution < -0.4 is 5.73 Å². The van der Waals surface area contributed by atoms with Crippen LogP contribution in [0.1, 0.15) is 33.1 Å². The van der Waals surface area contributed by atoms with Gasteiger partial charge in [-0.2, -0.15) is 13.2 Å². The van der Waals surface area contributed by atoms with Crippen LogP contribution in [-0.4, -0.2) is 48.0 Å². The lowest BCUT2D eigenvalue weighted by Crippen LogP contribution is -2.39. The number of hydrogen-bond acceptors (Lipinski definition) is 3. The van der Waals surface area contributed by atoms with Gasteiger partial charge in [-0.3, -0.25) is 4.90 Å². The Hall–Kier alpha value is -0.330. The van der Waals surface area contributed by atoms with Crippen molar-refractivity contribution in [2.24, 2.45) is 5.73 Å². The van der Waals surface area contributed by atoms with Crippen LogP contribution in [-0.2, 0) is 0 Å². The van der Waals surface area contributed by atoms with Crippen LogP contribution >= 0.6 is 0 Å². The Morgan fingerprint density at radius 1 is 1.24 bits per heavy atom. The third kappa shape index (κ3) is 7.57. The summed E-state index contributed by atoms with van der Waals surface area (Å²) in [5.41, 5.74) is 4.49. The zero-order valence-electron chi connectivity index (χ0n) is 10.6. The van der Waals surface area contributed by atoms with Gasteiger partial charge in [0.05, 0.1) is 12.1 Å². The molecule has 0 aromatic carbocycles. The van der Waals surface area contributed by atoms with E-state index in [1.807, 2.05) is 6.92 Å². The molecule has 104 valence electrons. The Kier molecular flexibility index (Phi) is 7.04. The smallest absolute Gasteiger partial charge is 0.389 e. The molecule has 6 heteroatoms. The SMILES string of the molecule is CCN(CCCC(O)(CC)CN)CC(F)(F)F. The Labute approximate surface area is 101 Å². The molecular weight excluding hydrogens is 233 g/mol. The molecule has 0 rings (SSSR count). The van der Waals surface area contributed by atoms with Crippen molar-refractivity contribution in [2.75, 3.05) is 26.2 Å². The fourth-order valence-corrected chi connectivity index (χ4v) is 1.66. The van der Waals surface area contributed by atoms with Gasteiger partial charge in [0.15, 0.2) is 0 Å². The van der Waals surface area contributed by atoms with Crippen molar-refractivity contribution in [1.29, 1.82) is 0 Å². The number of nitrogens with two attached hydrogens (primary N) is 1. The van der Waals surface area contributed by atoms with Gasteiger partial charge in [-0.05, 0) is 32.4 Å². The van der Waals surface area contributed by atoms with Gasteiger partial charge >= 0.3 is 6.18 Å². The number of rotatable bonds is 8. The summed E-state index contributed by atoms with van der Waals surface area (Å²) in [5, 5.41) is 9.88. The van der Waals surface area contributed by atoms with E-state index in [0.717, 1.165) is 0 Å². The van der Waals surface area contributed by atoms with Gasteiger partial charge in [-0.1, -0.05) is 13.8 Å². The lowest BCUT2D eigenvalue weighted by Gasteiger charge is -2.27. The molecule has 0 bridgehead atoms. The molecule has 0 radical (unpaired) electrons. The minimum atomic E-state index is -4.16. The number of alkyl halides is 3. The van der Waals surface area contributed by atoms with Crippen molar-refractivity contribution in [3.05, 3.63) is 0 Å². The first kappa shape index (κ1) is 16.7. The highest BCUT2D eigenvalue weighted by molar-refractivity contribution is 4.78. The standard InChI is InChI=1S/C11H23F3N2O/c1-3-10(17,8-15)6-5-7-16(4-2)9-11(12,13)14/h17H,3-9,15H2,1-2H3. The van der Waals surface area contributed by atoms with E-state index in [-0.39, 0.29) is 6.54 Å². The summed E-state index contributed by atoms with van der Waals surface area (Å²) >= 11 is 0. The summed E-state index contributed by atoms with van der Waals surface area (Å²) in [5.74, 6) is 0. The molecule has 0 saturated heterocycles. The van der Waals surface area contributed by atoms with Crippen LogP contribution in [0.25, 0.3) is 0 Å². The van der Waals surface area contributed by atoms with E-state index >= 15 is 0 Å². The van der Waals surface area contributed by atoms with Crippen LogP contribution in [0.4, 0.5) is 13.2 Å². The molecule has 0 amide bonds. The summed E-state index contributed by atoms with van der Waals surface area (Å²) in [6.07, 6.45) is -2.68. The average Bonchev–Trinajstić information content (AvgIpc) is 2.25. The zero-order chi connectivity index (χ0) is 13.5. The third-order valence-corrected chi connectivity index (χ3v) is 3.00. The first-order valence-electron chi connectivity index (χ1n) is 5.98. The molecule has 0 aromatic rings. The second-order valence-electron chi connectivity index (χ2n) is 4.37. The van der Waals surface area contributed by atoms with Crippen molar-refractivity contribution >= 4 is 0 Å². The van der Waals surface area contributed by atoms with E-state index in [2.05, 4.69) is 0 Å². The van der Waals surface area contributed by atoms with Crippen molar-refractivity contribution < 1.29 is 18.3 Å². The maximum atomic E-state index is 12.2. The van der Waals surface area contributed by atoms with Crippen LogP contribution in [0, 0.1) is 0 Å². The van der Waals surface area contributed by atoms with Gasteiger partial charge in [0.2, 0.25) is 0 Å². The van der Waals surface area contributed by atoms with Gasteiger partial charge in [-0.15, -0.1) is 0 Å². The van der Waals surface area contributed by atoms with E-state index in [9.17, 15) is 18.3 Å². The fraction of sp³-hybridized carbons (Fsp3) is 1.00. The molecule has 0 saturated carbocycles. The number of hydrogen-bond donors (Lipinski definition) is 2. The second kappa shape index (κ2) is 7.18. The van der Waals surface area contributed by atoms with Gasteiger partial charge in [0, 0.05) is 6.54 Å². The predicted octanol–water partition coefficient (Wildman–Crippen LogP) is 1.75. The lowest BCUT2D eigenvalue weighted by molar-refractivity contribution is -0.145. The van der Waals surface area contributed by atoms with Crippen molar-refractivity contribution in [3.63, 3.8) is 0 Å². The predicted molar refractivity (Wildman–Crippen MR) is 61.7 cm³/mol. The quantitative estimate of drug-likeness (QED) is 0.695. The summed E-state index contributed by atoms with van der Waals surface area (Å²) in [4.78, 5) is 1.33. The second-order valence-corrected chi connectivity index (χ2v) is 4.37. The summed E-state index contributed by atoms with van der Waals surface area (Å²) in [7, 11) is 0. The highest BCUT2D eigenvalue weighted by Crippen LogP contribution is 2.19. The fourth-order valence-electron chi connectivity index (χ4n) is 1.66. The van der Waals surface area contributed by atoms with E-state index in [0.29, 0.717) is 32.4 Å². The summed E-state index contributed by atoms with van der Waals surface area (Å²) in [6, 6.07) is 0. The Morgan fingerprint density at radius 2 is 1.82 bits per heavy atom. The lowest BCUT2D eigenvalue weighted by atomic mass is 9.95. The minimum Gasteiger partial charge on any atom is -0.389 e. The van der Waals surface area contributed by atoms with E-state index in [1.54, 1.807) is 6.92 Å². The van der Waals surface area contributed by atoms with Gasteiger partial charge in [0.25, 0.3) is 0 Å². The number of halogens is 3. The minimum absolute atomic E-state index is 0.148. The first-order chi connectivity index (χ1) is 7.76. The molecule has 0 aliphatic heterocycles. The van der Waals surface area contributed by atoms with Crippen LogP contribution in [0.5, 0.6) is 0 Å². The van der Waals surface area contributed by atoms with Crippen LogP contribution in [0.15, 0.2) is 0 Å². The molecule has 0 aliphatic rings. The normalized spacial score (nSPS) is 16.2. The van der Waals surface area contributed by atoms with Crippen molar-refractivity contribution in [1.82, 2.24) is 4.90 Å². The van der Waals surface area contributed by atoms with E-state index in [1.165, 1.54) is 4.90 Å². The monoisotopic (exact) mass is 256 g/mol. The number of nitrogens with zero attached hydrogens (tertiary/aromatic N) is 1. The molecular formula is C11H23F3N2O. The van der Waals surface area contributed by atoms with Gasteiger partial charge in [-0.25, -0.2) is 0 Å². The third-order valence-electron chi connectivity index (χ3n) is 3.00. The molecule has 0 fully saturated rings. The molecule has 0 aliphatic carbocycles. The molecule has 0 spiro atoms. The highest BCUT2D eigenvalue weighted by Gasteiger charge is 2.30. The van der Waals surface area contributed by atoms with Gasteiger partial charge in [0.1, 0.15) is 0 Å². The number of aliphatic hydroxyl groups is 1. The molecule has 0 heterocycles. The van der Waals surface area contributed by atoms with E-state index in [4.69, 9.17) is 5.73 Å². The molecule has 1 atom stereocenters. The molecule has 0 aromatic heterocycles. The van der Waals surface area contributed by atoms with Gasteiger partial charge < -0.3 is 10.8 Å². The Balaban J connectivity index is 4.00. The largest absolute Gasteiger partial charge is 0.401 e. The Morgan fingerprint density at radius 3 is 2.18 bits per heavy atom. The Bertz CT molecular complexity index is 205. The molecule has 3 nitrogen and oxygen atoms in total. The zero-order valence-corrected chi connectivity index (χ0v) is 10.6. The highest BCUT2D eigenvalue weighted by atomic mass is 19.4. The maximum absolute atomic E-state index is 12.2. The first-order valence-corrected chi connectivity index (χ1v) is 5.98. The summed E-state index contributed by atoms with van der Waals surface area (Å²) in [6.45, 7) is 3.46. The summed E-state index contributed by atoms with van der Waals surface area (Å²) < 4.78 is 36.5. The molecule has 17 heavy (non-hydrogen) atoms. The van der Waals surface area contributed by atoms with Crippen molar-refractivity contribution in [3.8, 4) is 0 Å². The average molecular weight is 256 g/mol. The molecule has 1 unspecified atom stereocenters.